The van der Waals surface area contributed by atoms with E-state index in [0.717, 1.165) is 6.07 Å². The number of anilines is 1. The van der Waals surface area contributed by atoms with Gasteiger partial charge in [0, 0.05) is 17.2 Å². The van der Waals surface area contributed by atoms with Gasteiger partial charge in [-0.1, -0.05) is 0 Å². The Labute approximate surface area is 116 Å². The van der Waals surface area contributed by atoms with Crippen LogP contribution in [0.5, 0.6) is 0 Å². The van der Waals surface area contributed by atoms with E-state index in [4.69, 9.17) is 0 Å². The first-order valence-electron chi connectivity index (χ1n) is 5.03. The van der Waals surface area contributed by atoms with E-state index in [1.54, 1.807) is 0 Å². The van der Waals surface area contributed by atoms with Gasteiger partial charge >= 0.3 is 6.18 Å². The Bertz CT molecular complexity index is 548. The molecule has 0 aliphatic carbocycles. The van der Waals surface area contributed by atoms with Crippen LogP contribution in [0, 0.1) is 0 Å². The first-order chi connectivity index (χ1) is 8.65. The van der Waals surface area contributed by atoms with E-state index in [1.807, 2.05) is 0 Å². The molecule has 5 nitrogen and oxygen atoms in total. The van der Waals surface area contributed by atoms with Gasteiger partial charge in [0.1, 0.15) is 5.82 Å². The molecule has 10 heteroatoms. The standard InChI is InChI=1S/C9H11BrF3N3O2S/c1-14-19(17,18)3-2-15-8-7(9(11,12)13)4-6(10)5-16-8/h4-5,14H,2-3H2,1H3,(H,15,16). The Morgan fingerprint density at radius 1 is 1.42 bits per heavy atom. The normalized spacial score (nSPS) is 12.5. The highest BCUT2D eigenvalue weighted by Gasteiger charge is 2.34. The van der Waals surface area contributed by atoms with Crippen LogP contribution in [0.25, 0.3) is 0 Å². The molecule has 0 fully saturated rings. The van der Waals surface area contributed by atoms with Crippen LogP contribution in [-0.4, -0.2) is 32.7 Å². The Morgan fingerprint density at radius 2 is 2.05 bits per heavy atom. The van der Waals surface area contributed by atoms with Gasteiger partial charge in [-0.15, -0.1) is 0 Å². The zero-order valence-corrected chi connectivity index (χ0v) is 12.2. The first-order valence-corrected chi connectivity index (χ1v) is 7.48. The molecule has 0 bridgehead atoms. The number of sulfonamides is 1. The minimum absolute atomic E-state index is 0.180. The van der Waals surface area contributed by atoms with Crippen molar-refractivity contribution in [3.8, 4) is 0 Å². The van der Waals surface area contributed by atoms with E-state index < -0.39 is 27.6 Å². The second kappa shape index (κ2) is 6.06. The van der Waals surface area contributed by atoms with Crippen molar-refractivity contribution >= 4 is 31.8 Å². The number of nitrogens with one attached hydrogen (secondary N) is 2. The van der Waals surface area contributed by atoms with Crippen molar-refractivity contribution in [1.82, 2.24) is 9.71 Å². The third-order valence-electron chi connectivity index (χ3n) is 2.13. The molecule has 0 aliphatic heterocycles. The molecule has 19 heavy (non-hydrogen) atoms. The molecule has 0 radical (unpaired) electrons. The predicted octanol–water partition coefficient (Wildman–Crippen LogP) is 1.82. The highest BCUT2D eigenvalue weighted by atomic mass is 79.9. The summed E-state index contributed by atoms with van der Waals surface area (Å²) >= 11 is 2.90. The largest absolute Gasteiger partial charge is 0.419 e. The van der Waals surface area contributed by atoms with Crippen LogP contribution in [0.1, 0.15) is 5.56 Å². The third-order valence-corrected chi connectivity index (χ3v) is 3.93. The summed E-state index contributed by atoms with van der Waals surface area (Å²) < 4.78 is 62.7. The number of nitrogens with zero attached hydrogens (tertiary/aromatic N) is 1. The number of alkyl halides is 3. The lowest BCUT2D eigenvalue weighted by Gasteiger charge is -2.13. The predicted molar refractivity (Wildman–Crippen MR) is 68.3 cm³/mol. The number of aromatic nitrogens is 1. The fourth-order valence-electron chi connectivity index (χ4n) is 1.20. The van der Waals surface area contributed by atoms with Crippen LogP contribution in [0.4, 0.5) is 19.0 Å². The van der Waals surface area contributed by atoms with Gasteiger partial charge in [0.2, 0.25) is 10.0 Å². The van der Waals surface area contributed by atoms with Crippen molar-refractivity contribution < 1.29 is 21.6 Å². The van der Waals surface area contributed by atoms with E-state index in [9.17, 15) is 21.6 Å². The molecule has 0 unspecified atom stereocenters. The third kappa shape index (κ3) is 4.96. The molecule has 0 saturated heterocycles. The topological polar surface area (TPSA) is 71.1 Å². The van der Waals surface area contributed by atoms with E-state index in [2.05, 4.69) is 31.0 Å². The Kier molecular flexibility index (Phi) is 5.16. The van der Waals surface area contributed by atoms with E-state index in [-0.39, 0.29) is 16.8 Å². The molecule has 1 rings (SSSR count). The molecule has 0 saturated carbocycles. The SMILES string of the molecule is CNS(=O)(=O)CCNc1ncc(Br)cc1C(F)(F)F. The molecular weight excluding hydrogens is 351 g/mol. The summed E-state index contributed by atoms with van der Waals surface area (Å²) in [5, 5.41) is 2.37. The highest BCUT2D eigenvalue weighted by Crippen LogP contribution is 2.35. The smallest absolute Gasteiger partial charge is 0.368 e. The maximum Gasteiger partial charge on any atom is 0.419 e. The van der Waals surface area contributed by atoms with Crippen molar-refractivity contribution in [2.75, 3.05) is 24.7 Å². The molecule has 1 heterocycles. The van der Waals surface area contributed by atoms with Crippen molar-refractivity contribution in [2.24, 2.45) is 0 Å². The van der Waals surface area contributed by atoms with Crippen molar-refractivity contribution in [1.29, 1.82) is 0 Å². The van der Waals surface area contributed by atoms with Gasteiger partial charge in [0.05, 0.1) is 11.3 Å². The van der Waals surface area contributed by atoms with E-state index in [1.165, 1.54) is 13.2 Å². The van der Waals surface area contributed by atoms with Crippen molar-refractivity contribution in [3.05, 3.63) is 22.3 Å². The van der Waals surface area contributed by atoms with Crippen LogP contribution in [-0.2, 0) is 16.2 Å². The number of hydrogen-bond donors (Lipinski definition) is 2. The lowest BCUT2D eigenvalue weighted by molar-refractivity contribution is -0.137. The van der Waals surface area contributed by atoms with Gasteiger partial charge in [-0.25, -0.2) is 18.1 Å². The maximum atomic E-state index is 12.7. The van der Waals surface area contributed by atoms with Crippen LogP contribution >= 0.6 is 15.9 Å². The lowest BCUT2D eigenvalue weighted by atomic mass is 10.2. The van der Waals surface area contributed by atoms with Crippen LogP contribution in [0.3, 0.4) is 0 Å². The number of pyridine rings is 1. The van der Waals surface area contributed by atoms with Gasteiger partial charge in [-0.2, -0.15) is 13.2 Å². The van der Waals surface area contributed by atoms with Crippen molar-refractivity contribution in [2.45, 2.75) is 6.18 Å². The van der Waals surface area contributed by atoms with Crippen LogP contribution < -0.4 is 10.0 Å². The fourth-order valence-corrected chi connectivity index (χ4v) is 2.11. The molecule has 2 N–H and O–H groups in total. The zero-order chi connectivity index (χ0) is 14.7. The molecule has 1 aromatic heterocycles. The molecular formula is C9H11BrF3N3O2S. The Balaban J connectivity index is 2.85. The second-order valence-corrected chi connectivity index (χ2v) is 6.46. The van der Waals surface area contributed by atoms with Gasteiger partial charge in [-0.05, 0) is 29.0 Å². The summed E-state index contributed by atoms with van der Waals surface area (Å²) in [5.74, 6) is -0.750. The summed E-state index contributed by atoms with van der Waals surface area (Å²) in [6.45, 7) is -0.180. The second-order valence-electron chi connectivity index (χ2n) is 3.50. The summed E-state index contributed by atoms with van der Waals surface area (Å²) in [6, 6.07) is 0.877. The summed E-state index contributed by atoms with van der Waals surface area (Å²) in [4.78, 5) is 3.60. The maximum absolute atomic E-state index is 12.7. The lowest BCUT2D eigenvalue weighted by Crippen LogP contribution is -2.27. The zero-order valence-electron chi connectivity index (χ0n) is 9.75. The molecule has 0 atom stereocenters. The van der Waals surface area contributed by atoms with Crippen molar-refractivity contribution in [3.63, 3.8) is 0 Å². The first kappa shape index (κ1) is 16.2. The minimum atomic E-state index is -4.57. The van der Waals surface area contributed by atoms with E-state index in [0.29, 0.717) is 0 Å². The fraction of sp³-hybridized carbons (Fsp3) is 0.444. The summed E-state index contributed by atoms with van der Waals surface area (Å²) in [5.41, 5.74) is -0.955. The highest BCUT2D eigenvalue weighted by molar-refractivity contribution is 9.10. The van der Waals surface area contributed by atoms with Gasteiger partial charge in [0.15, 0.2) is 0 Å². The molecule has 0 aliphatic rings. The average molecular weight is 362 g/mol. The molecule has 0 aromatic carbocycles. The van der Waals surface area contributed by atoms with Gasteiger partial charge in [-0.3, -0.25) is 0 Å². The molecule has 0 amide bonds. The quantitative estimate of drug-likeness (QED) is 0.839. The number of hydrogen-bond acceptors (Lipinski definition) is 4. The average Bonchev–Trinajstić information content (AvgIpc) is 2.29. The molecule has 0 spiro atoms. The summed E-state index contributed by atoms with van der Waals surface area (Å²) in [7, 11) is -2.25. The van der Waals surface area contributed by atoms with Crippen LogP contribution in [0.15, 0.2) is 16.7 Å². The molecule has 1 aromatic rings. The summed E-state index contributed by atoms with van der Waals surface area (Å²) in [6.07, 6.45) is -3.37. The molecule has 108 valence electrons. The van der Waals surface area contributed by atoms with Crippen LogP contribution in [0.2, 0.25) is 0 Å². The van der Waals surface area contributed by atoms with E-state index >= 15 is 0 Å². The Morgan fingerprint density at radius 3 is 2.58 bits per heavy atom. The monoisotopic (exact) mass is 361 g/mol. The minimum Gasteiger partial charge on any atom is -0.368 e. The Hall–Kier alpha value is -0.870. The van der Waals surface area contributed by atoms with Gasteiger partial charge < -0.3 is 5.32 Å². The number of halogens is 4. The number of rotatable bonds is 5. The van der Waals surface area contributed by atoms with Gasteiger partial charge in [0.25, 0.3) is 0 Å².